The van der Waals surface area contributed by atoms with Crippen molar-refractivity contribution in [1.82, 2.24) is 10.6 Å². The Morgan fingerprint density at radius 1 is 0.548 bits per heavy atom. The van der Waals surface area contributed by atoms with Gasteiger partial charge < -0.3 is 30.5 Å². The molecule has 4 N–H and O–H groups in total. The summed E-state index contributed by atoms with van der Waals surface area (Å²) in [7, 11) is 0. The third-order valence-corrected chi connectivity index (χ3v) is 10.7. The summed E-state index contributed by atoms with van der Waals surface area (Å²) in [5.74, 6) is -1.74. The van der Waals surface area contributed by atoms with Gasteiger partial charge in [-0.3, -0.25) is 9.59 Å². The molecule has 0 aliphatic heterocycles. The van der Waals surface area contributed by atoms with Gasteiger partial charge in [-0.05, 0) is 88.7 Å². The molecular formula is C52H54N4O6. The second-order valence-corrected chi connectivity index (χ2v) is 15.3. The molecule has 1 aliphatic carbocycles. The van der Waals surface area contributed by atoms with E-state index in [2.05, 4.69) is 93.7 Å². The highest BCUT2D eigenvalue weighted by atomic mass is 16.6. The summed E-state index contributed by atoms with van der Waals surface area (Å²) in [6, 6.07) is 53.5. The minimum Gasteiger partial charge on any atom is -0.481 e. The molecule has 62 heavy (non-hydrogen) atoms. The van der Waals surface area contributed by atoms with Gasteiger partial charge in [0.2, 0.25) is 0 Å². The molecule has 1 aliphatic rings. The van der Waals surface area contributed by atoms with Gasteiger partial charge >= 0.3 is 11.9 Å². The van der Waals surface area contributed by atoms with Crippen molar-refractivity contribution >= 4 is 23.4 Å². The first-order valence-corrected chi connectivity index (χ1v) is 20.9. The first-order chi connectivity index (χ1) is 30.2. The quantitative estimate of drug-likeness (QED) is 0.0496. The van der Waals surface area contributed by atoms with Crippen molar-refractivity contribution in [1.29, 1.82) is 0 Å². The van der Waals surface area contributed by atoms with Crippen LogP contribution in [0.4, 0.5) is 0 Å². The normalized spacial score (nSPS) is 15.0. The molecule has 0 radical (unpaired) electrons. The molecule has 7 rings (SSSR count). The highest BCUT2D eigenvalue weighted by Crippen LogP contribution is 2.26. The van der Waals surface area contributed by atoms with Crippen LogP contribution >= 0.6 is 0 Å². The van der Waals surface area contributed by atoms with Crippen LogP contribution in [0.2, 0.25) is 0 Å². The lowest BCUT2D eigenvalue weighted by molar-refractivity contribution is -0.141. The smallest absolute Gasteiger partial charge is 0.317 e. The summed E-state index contributed by atoms with van der Waals surface area (Å²) in [5.41, 5.74) is 12.7. The van der Waals surface area contributed by atoms with Gasteiger partial charge in [-0.15, -0.1) is 0 Å². The second-order valence-electron chi connectivity index (χ2n) is 15.3. The molecular weight excluding hydrogens is 777 g/mol. The van der Waals surface area contributed by atoms with E-state index in [0.29, 0.717) is 26.2 Å². The number of oxime groups is 2. The Labute approximate surface area is 363 Å². The number of carboxylic acid groups (broad SMARTS) is 2. The van der Waals surface area contributed by atoms with Crippen LogP contribution in [0.1, 0.15) is 66.5 Å². The van der Waals surface area contributed by atoms with Crippen LogP contribution in [0.25, 0.3) is 22.3 Å². The van der Waals surface area contributed by atoms with Crippen LogP contribution in [0.3, 0.4) is 0 Å². The Hall–Kier alpha value is -6.88. The minimum atomic E-state index is -0.864. The predicted octanol–water partition coefficient (Wildman–Crippen LogP) is 10.1. The molecule has 0 heterocycles. The van der Waals surface area contributed by atoms with Crippen LogP contribution in [0.15, 0.2) is 168 Å². The molecule has 6 aromatic carbocycles. The molecule has 318 valence electrons. The average molecular weight is 831 g/mol. The largest absolute Gasteiger partial charge is 0.481 e. The lowest BCUT2D eigenvalue weighted by Crippen LogP contribution is -2.26. The van der Waals surface area contributed by atoms with E-state index in [-0.39, 0.29) is 18.5 Å². The molecule has 1 saturated carbocycles. The van der Waals surface area contributed by atoms with Crippen LogP contribution in [0.5, 0.6) is 0 Å². The number of carboxylic acids is 2. The van der Waals surface area contributed by atoms with Crippen molar-refractivity contribution in [3.63, 3.8) is 0 Å². The lowest BCUT2D eigenvalue weighted by atomic mass is 10.0. The summed E-state index contributed by atoms with van der Waals surface area (Å²) in [6.07, 6.45) is 2.40. The first kappa shape index (κ1) is 44.7. The van der Waals surface area contributed by atoms with E-state index in [9.17, 15) is 9.59 Å². The zero-order valence-corrected chi connectivity index (χ0v) is 35.2. The van der Waals surface area contributed by atoms with E-state index < -0.39 is 11.9 Å². The Morgan fingerprint density at radius 2 is 0.968 bits per heavy atom. The summed E-state index contributed by atoms with van der Waals surface area (Å²) in [5, 5.41) is 32.6. The molecule has 0 bridgehead atoms. The van der Waals surface area contributed by atoms with Gasteiger partial charge in [-0.25, -0.2) is 0 Å². The van der Waals surface area contributed by atoms with Crippen molar-refractivity contribution in [3.8, 4) is 22.3 Å². The van der Waals surface area contributed by atoms with Crippen molar-refractivity contribution < 1.29 is 29.5 Å². The number of nitrogens with zero attached hydrogens (tertiary/aromatic N) is 2. The minimum absolute atomic E-state index is 0.0532. The van der Waals surface area contributed by atoms with E-state index in [0.717, 1.165) is 58.6 Å². The maximum atomic E-state index is 11.1. The maximum absolute atomic E-state index is 11.1. The van der Waals surface area contributed by atoms with E-state index in [4.69, 9.17) is 19.9 Å². The van der Waals surface area contributed by atoms with Gasteiger partial charge in [0.1, 0.15) is 13.2 Å². The molecule has 0 saturated heterocycles. The van der Waals surface area contributed by atoms with E-state index in [1.165, 1.54) is 27.8 Å². The van der Waals surface area contributed by atoms with Crippen molar-refractivity contribution in [3.05, 3.63) is 191 Å². The fourth-order valence-electron chi connectivity index (χ4n) is 7.06. The van der Waals surface area contributed by atoms with Crippen molar-refractivity contribution in [2.45, 2.75) is 65.5 Å². The standard InChI is InChI=1S/C28H30N2O3.C24H24N2O3/c1-20(30-33-19-22-9-13-25(14-10-22)24-5-3-2-4-6-24)23-11-7-21(8-12-23)18-29-27-16-15-26(17-27)28(31)32;1-18(21-11-7-19(8-12-21)15-25-16-24(27)28)26-29-17-20-9-13-23(14-10-20)22-5-3-2-4-6-22/h2-14,26-27,29H,15-19H2,1H3,(H,31,32);2-14,25H,15-17H2,1H3,(H,27,28). The number of carbonyl (C=O) groups is 2. The Bertz CT molecular complexity index is 2370. The highest BCUT2D eigenvalue weighted by Gasteiger charge is 2.29. The third-order valence-electron chi connectivity index (χ3n) is 10.7. The number of hydrogen-bond donors (Lipinski definition) is 4. The molecule has 0 amide bonds. The summed E-state index contributed by atoms with van der Waals surface area (Å²) < 4.78 is 0. The Kier molecular flexibility index (Phi) is 16.7. The fraction of sp³-hybridized carbons (Fsp3) is 0.231. The number of nitrogens with one attached hydrogen (secondary N) is 2. The molecule has 6 aromatic rings. The predicted molar refractivity (Wildman–Crippen MR) is 246 cm³/mol. The highest BCUT2D eigenvalue weighted by molar-refractivity contribution is 5.98. The van der Waals surface area contributed by atoms with Crippen LogP contribution in [0, 0.1) is 5.92 Å². The summed E-state index contributed by atoms with van der Waals surface area (Å²) >= 11 is 0. The molecule has 2 atom stereocenters. The van der Waals surface area contributed by atoms with Gasteiger partial charge in [0, 0.05) is 19.1 Å². The molecule has 10 heteroatoms. The van der Waals surface area contributed by atoms with Crippen LogP contribution in [-0.2, 0) is 45.6 Å². The molecule has 0 aromatic heterocycles. The van der Waals surface area contributed by atoms with Gasteiger partial charge in [-0.1, -0.05) is 168 Å². The third kappa shape index (κ3) is 14.1. The summed E-state index contributed by atoms with van der Waals surface area (Å²) in [6.45, 7) is 5.87. The van der Waals surface area contributed by atoms with Gasteiger partial charge in [-0.2, -0.15) is 0 Å². The van der Waals surface area contributed by atoms with Crippen LogP contribution < -0.4 is 10.6 Å². The van der Waals surface area contributed by atoms with Gasteiger partial charge in [0.25, 0.3) is 0 Å². The monoisotopic (exact) mass is 830 g/mol. The lowest BCUT2D eigenvalue weighted by Gasteiger charge is -2.12. The second kappa shape index (κ2) is 23.2. The van der Waals surface area contributed by atoms with Gasteiger partial charge in [0.15, 0.2) is 0 Å². The Balaban J connectivity index is 0.000000209. The molecule has 1 fully saturated rings. The topological polar surface area (TPSA) is 142 Å². The van der Waals surface area contributed by atoms with E-state index in [1.54, 1.807) is 0 Å². The fourth-order valence-corrected chi connectivity index (χ4v) is 7.06. The number of benzene rings is 6. The average Bonchev–Trinajstić information content (AvgIpc) is 3.80. The zero-order valence-electron chi connectivity index (χ0n) is 35.2. The SMILES string of the molecule is CC(=NOCc1ccc(-c2ccccc2)cc1)c1ccc(CNC2CCC(C(=O)O)C2)cc1.CC(=NOCc1ccc(-c2ccccc2)cc1)c1ccc(CNCC(=O)O)cc1. The number of rotatable bonds is 18. The Morgan fingerprint density at radius 3 is 1.39 bits per heavy atom. The molecule has 2 unspecified atom stereocenters. The van der Waals surface area contributed by atoms with Crippen molar-refractivity contribution in [2.24, 2.45) is 16.2 Å². The van der Waals surface area contributed by atoms with E-state index in [1.807, 2.05) is 98.8 Å². The molecule has 0 spiro atoms. The number of aliphatic carboxylic acids is 2. The number of hydrogen-bond acceptors (Lipinski definition) is 8. The maximum Gasteiger partial charge on any atom is 0.317 e. The van der Waals surface area contributed by atoms with E-state index >= 15 is 0 Å². The zero-order chi connectivity index (χ0) is 43.5. The molecule has 10 nitrogen and oxygen atoms in total. The van der Waals surface area contributed by atoms with Crippen LogP contribution in [-0.4, -0.2) is 46.2 Å². The summed E-state index contributed by atoms with van der Waals surface area (Å²) in [4.78, 5) is 32.7. The van der Waals surface area contributed by atoms with Crippen molar-refractivity contribution in [2.75, 3.05) is 6.54 Å². The van der Waals surface area contributed by atoms with Gasteiger partial charge in [0.05, 0.1) is 23.9 Å². The first-order valence-electron chi connectivity index (χ1n) is 20.9.